The van der Waals surface area contributed by atoms with Gasteiger partial charge in [-0.25, -0.2) is 0 Å². The number of benzene rings is 1. The number of hydrogen-bond donors (Lipinski definition) is 1. The molecule has 0 aliphatic carbocycles. The van der Waals surface area contributed by atoms with Crippen LogP contribution in [0.5, 0.6) is 11.5 Å². The van der Waals surface area contributed by atoms with Gasteiger partial charge in [0.25, 0.3) is 0 Å². The molecule has 0 spiro atoms. The Bertz CT molecular complexity index is 332. The molecule has 1 aliphatic heterocycles. The lowest BCUT2D eigenvalue weighted by molar-refractivity contribution is 0.394. The van der Waals surface area contributed by atoms with Crippen molar-refractivity contribution in [1.29, 1.82) is 0 Å². The van der Waals surface area contributed by atoms with E-state index in [1.165, 1.54) is 0 Å². The van der Waals surface area contributed by atoms with E-state index >= 15 is 0 Å². The Morgan fingerprint density at radius 2 is 1.53 bits per heavy atom. The molecule has 96 valence electrons. The molecule has 2 rings (SSSR count). The van der Waals surface area contributed by atoms with E-state index in [9.17, 15) is 0 Å². The van der Waals surface area contributed by atoms with Crippen molar-refractivity contribution in [2.45, 2.75) is 0 Å². The summed E-state index contributed by atoms with van der Waals surface area (Å²) in [5.41, 5.74) is 1.16. The zero-order chi connectivity index (χ0) is 11.4. The summed E-state index contributed by atoms with van der Waals surface area (Å²) in [6.45, 7) is 4.10. The summed E-state index contributed by atoms with van der Waals surface area (Å²) in [6.07, 6.45) is 0. The van der Waals surface area contributed by atoms with Gasteiger partial charge in [0.05, 0.1) is 14.2 Å². The summed E-state index contributed by atoms with van der Waals surface area (Å²) >= 11 is 0. The van der Waals surface area contributed by atoms with Gasteiger partial charge in [0, 0.05) is 50.1 Å². The molecule has 0 atom stereocenters. The number of hydrogen-bond acceptors (Lipinski definition) is 4. The van der Waals surface area contributed by atoms with Crippen molar-refractivity contribution in [2.24, 2.45) is 0 Å². The molecule has 1 aromatic rings. The third-order valence-electron chi connectivity index (χ3n) is 2.82. The highest BCUT2D eigenvalue weighted by atomic mass is 35.5. The van der Waals surface area contributed by atoms with Gasteiger partial charge in [-0.3, -0.25) is 0 Å². The Morgan fingerprint density at radius 1 is 1.00 bits per heavy atom. The highest BCUT2D eigenvalue weighted by Crippen LogP contribution is 2.28. The molecular weight excluding hydrogens is 240 g/mol. The molecular formula is C12H19ClN2O2. The lowest BCUT2D eigenvalue weighted by atomic mass is 10.2. The van der Waals surface area contributed by atoms with Gasteiger partial charge in [-0.05, 0) is 0 Å². The minimum atomic E-state index is 0. The fourth-order valence-corrected chi connectivity index (χ4v) is 1.90. The van der Waals surface area contributed by atoms with E-state index in [4.69, 9.17) is 9.47 Å². The van der Waals surface area contributed by atoms with Crippen molar-refractivity contribution >= 4 is 18.1 Å². The third-order valence-corrected chi connectivity index (χ3v) is 2.82. The molecule has 17 heavy (non-hydrogen) atoms. The van der Waals surface area contributed by atoms with E-state index in [0.29, 0.717) is 0 Å². The molecule has 0 unspecified atom stereocenters. The first-order valence-electron chi connectivity index (χ1n) is 5.52. The molecule has 0 bridgehead atoms. The van der Waals surface area contributed by atoms with Crippen LogP contribution in [0.2, 0.25) is 0 Å². The van der Waals surface area contributed by atoms with Gasteiger partial charge in [-0.15, -0.1) is 12.4 Å². The summed E-state index contributed by atoms with van der Waals surface area (Å²) < 4.78 is 10.5. The van der Waals surface area contributed by atoms with E-state index < -0.39 is 0 Å². The smallest absolute Gasteiger partial charge is 0.124 e. The molecule has 1 heterocycles. The van der Waals surface area contributed by atoms with Crippen molar-refractivity contribution in [3.05, 3.63) is 18.2 Å². The van der Waals surface area contributed by atoms with Crippen LogP contribution >= 0.6 is 12.4 Å². The Kier molecular flexibility index (Phi) is 5.38. The molecule has 0 amide bonds. The second-order valence-corrected chi connectivity index (χ2v) is 3.81. The summed E-state index contributed by atoms with van der Waals surface area (Å²) in [6, 6.07) is 5.99. The van der Waals surface area contributed by atoms with Gasteiger partial charge < -0.3 is 19.7 Å². The van der Waals surface area contributed by atoms with Gasteiger partial charge in [0.1, 0.15) is 11.5 Å². The summed E-state index contributed by atoms with van der Waals surface area (Å²) in [7, 11) is 3.35. The highest BCUT2D eigenvalue weighted by Gasteiger charge is 2.12. The molecule has 1 aliphatic rings. The second-order valence-electron chi connectivity index (χ2n) is 3.81. The molecule has 1 saturated heterocycles. The number of piperazine rings is 1. The standard InChI is InChI=1S/C12H18N2O2.ClH/c1-15-11-7-10(8-12(9-11)16-2)14-5-3-13-4-6-14;/h7-9,13H,3-6H2,1-2H3;1H. The SMILES string of the molecule is COc1cc(OC)cc(N2CCNCC2)c1.Cl. The van der Waals surface area contributed by atoms with Crippen molar-refractivity contribution in [3.8, 4) is 11.5 Å². The Labute approximate surface area is 108 Å². The largest absolute Gasteiger partial charge is 0.497 e. The Balaban J connectivity index is 0.00000144. The van der Waals surface area contributed by atoms with E-state index in [-0.39, 0.29) is 12.4 Å². The van der Waals surface area contributed by atoms with Crippen molar-refractivity contribution in [3.63, 3.8) is 0 Å². The van der Waals surface area contributed by atoms with Gasteiger partial charge in [-0.2, -0.15) is 0 Å². The molecule has 1 N–H and O–H groups in total. The molecule has 1 fully saturated rings. The summed E-state index contributed by atoms with van der Waals surface area (Å²) in [5, 5.41) is 3.34. The maximum atomic E-state index is 5.27. The van der Waals surface area contributed by atoms with Crippen molar-refractivity contribution in [2.75, 3.05) is 45.3 Å². The van der Waals surface area contributed by atoms with Crippen LogP contribution in [0.1, 0.15) is 0 Å². The van der Waals surface area contributed by atoms with E-state index in [1.54, 1.807) is 14.2 Å². The first-order chi connectivity index (χ1) is 7.83. The minimum Gasteiger partial charge on any atom is -0.497 e. The lowest BCUT2D eigenvalue weighted by Crippen LogP contribution is -2.43. The van der Waals surface area contributed by atoms with Crippen LogP contribution in [0, 0.1) is 0 Å². The van der Waals surface area contributed by atoms with Crippen molar-refractivity contribution in [1.82, 2.24) is 5.32 Å². The number of ether oxygens (including phenoxy) is 2. The Morgan fingerprint density at radius 3 is 2.00 bits per heavy atom. The van der Waals surface area contributed by atoms with Gasteiger partial charge in [-0.1, -0.05) is 0 Å². The predicted octanol–water partition coefficient (Wildman–Crippen LogP) is 1.54. The van der Waals surface area contributed by atoms with Crippen LogP contribution in [0.25, 0.3) is 0 Å². The van der Waals surface area contributed by atoms with E-state index in [0.717, 1.165) is 43.4 Å². The van der Waals surface area contributed by atoms with Crippen LogP contribution in [0.4, 0.5) is 5.69 Å². The normalized spacial score (nSPS) is 15.1. The summed E-state index contributed by atoms with van der Waals surface area (Å²) in [4.78, 5) is 2.33. The zero-order valence-electron chi connectivity index (χ0n) is 10.2. The second kappa shape index (κ2) is 6.57. The topological polar surface area (TPSA) is 33.7 Å². The molecule has 5 heteroatoms. The molecule has 0 aromatic heterocycles. The number of nitrogens with one attached hydrogen (secondary N) is 1. The predicted molar refractivity (Wildman–Crippen MR) is 71.9 cm³/mol. The minimum absolute atomic E-state index is 0. The van der Waals surface area contributed by atoms with Crippen molar-refractivity contribution < 1.29 is 9.47 Å². The van der Waals surface area contributed by atoms with Crippen LogP contribution in [-0.4, -0.2) is 40.4 Å². The highest BCUT2D eigenvalue weighted by molar-refractivity contribution is 5.85. The van der Waals surface area contributed by atoms with Gasteiger partial charge >= 0.3 is 0 Å². The molecule has 0 radical (unpaired) electrons. The maximum absolute atomic E-state index is 5.27. The van der Waals surface area contributed by atoms with Crippen LogP contribution in [0.3, 0.4) is 0 Å². The molecule has 4 nitrogen and oxygen atoms in total. The fourth-order valence-electron chi connectivity index (χ4n) is 1.90. The number of nitrogens with zero attached hydrogens (tertiary/aromatic N) is 1. The summed E-state index contributed by atoms with van der Waals surface area (Å²) in [5.74, 6) is 1.68. The number of anilines is 1. The van der Waals surface area contributed by atoms with Gasteiger partial charge in [0.15, 0.2) is 0 Å². The lowest BCUT2D eigenvalue weighted by Gasteiger charge is -2.29. The average Bonchev–Trinajstić information content (AvgIpc) is 2.39. The van der Waals surface area contributed by atoms with Crippen LogP contribution < -0.4 is 19.7 Å². The number of methoxy groups -OCH3 is 2. The van der Waals surface area contributed by atoms with E-state index in [2.05, 4.69) is 10.2 Å². The first-order valence-corrected chi connectivity index (χ1v) is 5.52. The van der Waals surface area contributed by atoms with Crippen LogP contribution in [-0.2, 0) is 0 Å². The third kappa shape index (κ3) is 3.41. The molecule has 1 aromatic carbocycles. The van der Waals surface area contributed by atoms with Crippen LogP contribution in [0.15, 0.2) is 18.2 Å². The average molecular weight is 259 g/mol. The monoisotopic (exact) mass is 258 g/mol. The van der Waals surface area contributed by atoms with Gasteiger partial charge in [0.2, 0.25) is 0 Å². The fraction of sp³-hybridized carbons (Fsp3) is 0.500. The Hall–Kier alpha value is -1.13. The number of halogens is 1. The zero-order valence-corrected chi connectivity index (χ0v) is 11.0. The quantitative estimate of drug-likeness (QED) is 0.892. The number of rotatable bonds is 3. The van der Waals surface area contributed by atoms with E-state index in [1.807, 2.05) is 18.2 Å². The first kappa shape index (κ1) is 13.9. The molecule has 0 saturated carbocycles. The maximum Gasteiger partial charge on any atom is 0.124 e.